The van der Waals surface area contributed by atoms with E-state index in [0.29, 0.717) is 24.2 Å². The first-order chi connectivity index (χ1) is 18.7. The minimum absolute atomic E-state index is 0.106. The number of amides is 1. The Morgan fingerprint density at radius 2 is 1.79 bits per heavy atom. The van der Waals surface area contributed by atoms with Gasteiger partial charge in [-0.15, -0.1) is 6.58 Å². The van der Waals surface area contributed by atoms with E-state index >= 15 is 0 Å². The maximum atomic E-state index is 13.1. The lowest BCUT2D eigenvalue weighted by molar-refractivity contribution is -0.128. The van der Waals surface area contributed by atoms with Crippen molar-refractivity contribution < 1.29 is 9.53 Å². The first kappa shape index (κ1) is 25.8. The van der Waals surface area contributed by atoms with Gasteiger partial charge in [-0.05, 0) is 68.2 Å². The van der Waals surface area contributed by atoms with E-state index in [-0.39, 0.29) is 17.9 Å². The maximum absolute atomic E-state index is 13.1. The summed E-state index contributed by atoms with van der Waals surface area (Å²) in [7, 11) is 1.75. The number of fused-ring (bicyclic) bond motifs is 6. The molecule has 4 aliphatic heterocycles. The smallest absolute Gasteiger partial charge is 0.241 e. The summed E-state index contributed by atoms with van der Waals surface area (Å²) in [5.74, 6) is 0.932. The van der Waals surface area contributed by atoms with Gasteiger partial charge in [-0.3, -0.25) is 20.0 Å². The number of methoxy groups -OCH3 is 1. The number of nitrogens with zero attached hydrogens (tertiary/aromatic N) is 3. The van der Waals surface area contributed by atoms with Crippen molar-refractivity contribution in [2.24, 2.45) is 5.92 Å². The maximum Gasteiger partial charge on any atom is 0.241 e. The van der Waals surface area contributed by atoms with Crippen LogP contribution in [0.2, 0.25) is 0 Å². The van der Waals surface area contributed by atoms with E-state index < -0.39 is 0 Å². The van der Waals surface area contributed by atoms with E-state index in [2.05, 4.69) is 69.3 Å². The fourth-order valence-corrected chi connectivity index (χ4v) is 8.02. The number of hydrazine groups is 1. The highest BCUT2D eigenvalue weighted by molar-refractivity contribution is 5.80. The van der Waals surface area contributed by atoms with Crippen LogP contribution in [0, 0.1) is 5.92 Å². The Balaban J connectivity index is 1.25. The summed E-state index contributed by atoms with van der Waals surface area (Å²) in [6.45, 7) is 6.98. The second-order valence-electron chi connectivity index (χ2n) is 11.8. The number of allylic oxidation sites excluding steroid dienone is 1. The minimum atomic E-state index is -0.106. The van der Waals surface area contributed by atoms with Crippen LogP contribution in [0.4, 0.5) is 0 Å². The Morgan fingerprint density at radius 3 is 2.42 bits per heavy atom. The molecular formula is C32H44N4O2. The number of benzene rings is 1. The van der Waals surface area contributed by atoms with Gasteiger partial charge in [-0.2, -0.15) is 0 Å². The van der Waals surface area contributed by atoms with E-state index in [9.17, 15) is 4.79 Å². The molecule has 0 radical (unpaired) electrons. The van der Waals surface area contributed by atoms with Crippen LogP contribution in [-0.2, 0) is 4.79 Å². The zero-order valence-corrected chi connectivity index (χ0v) is 22.9. The van der Waals surface area contributed by atoms with Gasteiger partial charge in [0.2, 0.25) is 5.91 Å². The Labute approximate surface area is 228 Å². The van der Waals surface area contributed by atoms with Gasteiger partial charge in [-0.25, -0.2) is 5.01 Å². The summed E-state index contributed by atoms with van der Waals surface area (Å²) in [6.07, 6.45) is 19.5. The van der Waals surface area contributed by atoms with Gasteiger partial charge in [0.15, 0.2) is 0 Å². The Hall–Kier alpha value is -2.41. The normalized spacial score (nSPS) is 32.4. The topological polar surface area (TPSA) is 48.0 Å². The Kier molecular flexibility index (Phi) is 7.73. The third-order valence-electron chi connectivity index (χ3n) is 9.73. The minimum Gasteiger partial charge on any atom is -0.497 e. The number of nitrogens with one attached hydrogen (secondary N) is 1. The largest absolute Gasteiger partial charge is 0.497 e. The molecule has 0 spiro atoms. The summed E-state index contributed by atoms with van der Waals surface area (Å²) in [6, 6.07) is 11.1. The number of piperazine rings is 1. The van der Waals surface area contributed by atoms with Crippen molar-refractivity contribution in [3.63, 3.8) is 0 Å². The molecule has 4 bridgehead atoms. The summed E-state index contributed by atoms with van der Waals surface area (Å²) >= 11 is 0. The van der Waals surface area contributed by atoms with Gasteiger partial charge in [0.25, 0.3) is 0 Å². The number of rotatable bonds is 8. The molecule has 6 rings (SSSR count). The van der Waals surface area contributed by atoms with Crippen molar-refractivity contribution >= 4 is 5.91 Å². The van der Waals surface area contributed by atoms with Crippen LogP contribution < -0.4 is 10.2 Å². The van der Waals surface area contributed by atoms with Crippen molar-refractivity contribution in [1.29, 1.82) is 0 Å². The second-order valence-corrected chi connectivity index (χ2v) is 11.8. The molecule has 6 heteroatoms. The lowest BCUT2D eigenvalue weighted by Crippen LogP contribution is -2.61. The number of ether oxygens (including phenoxy) is 1. The molecule has 0 saturated carbocycles. The van der Waals surface area contributed by atoms with E-state index in [0.717, 1.165) is 44.6 Å². The molecule has 1 N–H and O–H groups in total. The van der Waals surface area contributed by atoms with Crippen molar-refractivity contribution in [3.8, 4) is 5.75 Å². The lowest BCUT2D eigenvalue weighted by Gasteiger charge is -2.50. The van der Waals surface area contributed by atoms with Crippen LogP contribution in [0.1, 0.15) is 69.4 Å². The molecule has 5 aliphatic rings. The van der Waals surface area contributed by atoms with Crippen LogP contribution in [0.25, 0.3) is 0 Å². The first-order valence-electron chi connectivity index (χ1n) is 14.9. The predicted molar refractivity (Wildman–Crippen MR) is 152 cm³/mol. The quantitative estimate of drug-likeness (QED) is 0.492. The molecule has 38 heavy (non-hydrogen) atoms. The fraction of sp³-hybridized carbons (Fsp3) is 0.594. The summed E-state index contributed by atoms with van der Waals surface area (Å²) in [4.78, 5) is 18.7. The highest BCUT2D eigenvalue weighted by Crippen LogP contribution is 2.51. The second kappa shape index (κ2) is 11.4. The Morgan fingerprint density at radius 1 is 1.08 bits per heavy atom. The zero-order valence-electron chi connectivity index (χ0n) is 22.9. The standard InChI is InChI=1S/C32H44N4O2/c1-3-19-35-27-15-16-28(35)30-18-17-29(27)36(30)31(25-9-8-10-26(22-25)38-2)23-11-13-24(14-12-23)32(37)33-34-20-6-4-5-7-21-34/h3,8-13,22,24,27-31H,1,4-7,14-21H2,2H3,(H,33,37). The molecular weight excluding hydrogens is 472 g/mol. The molecule has 4 fully saturated rings. The highest BCUT2D eigenvalue weighted by atomic mass is 16.5. The van der Waals surface area contributed by atoms with Crippen LogP contribution >= 0.6 is 0 Å². The van der Waals surface area contributed by atoms with Crippen molar-refractivity contribution in [1.82, 2.24) is 20.2 Å². The molecule has 1 aromatic carbocycles. The predicted octanol–water partition coefficient (Wildman–Crippen LogP) is 5.01. The van der Waals surface area contributed by atoms with E-state index in [1.165, 1.54) is 49.7 Å². The highest BCUT2D eigenvalue weighted by Gasteiger charge is 2.56. The third kappa shape index (κ3) is 4.87. The monoisotopic (exact) mass is 516 g/mol. The van der Waals surface area contributed by atoms with E-state index in [4.69, 9.17) is 4.74 Å². The SMILES string of the molecule is C=CCN1C2CCC1C1CCC2N1C(C1=CCC(C(=O)NN2CCCCCC2)C=C1)c1cccc(OC)c1. The molecule has 1 amide bonds. The van der Waals surface area contributed by atoms with E-state index in [1.54, 1.807) is 7.11 Å². The van der Waals surface area contributed by atoms with Crippen LogP contribution in [0.15, 0.2) is 60.7 Å². The molecule has 4 saturated heterocycles. The lowest BCUT2D eigenvalue weighted by atomic mass is 9.86. The Bertz CT molecular complexity index is 1050. The van der Waals surface area contributed by atoms with Crippen molar-refractivity contribution in [2.45, 2.75) is 88.0 Å². The summed E-state index contributed by atoms with van der Waals surface area (Å²) in [5.41, 5.74) is 5.83. The van der Waals surface area contributed by atoms with Gasteiger partial charge >= 0.3 is 0 Å². The molecule has 1 aliphatic carbocycles. The van der Waals surface area contributed by atoms with Gasteiger partial charge in [-0.1, -0.05) is 49.3 Å². The first-order valence-corrected chi connectivity index (χ1v) is 14.9. The van der Waals surface area contributed by atoms with E-state index in [1.807, 2.05) is 6.07 Å². The van der Waals surface area contributed by atoms with Gasteiger partial charge in [0.1, 0.15) is 5.75 Å². The zero-order chi connectivity index (χ0) is 26.1. The molecule has 204 valence electrons. The average Bonchev–Trinajstić information content (AvgIpc) is 3.32. The summed E-state index contributed by atoms with van der Waals surface area (Å²) < 4.78 is 5.65. The van der Waals surface area contributed by atoms with Gasteiger partial charge in [0, 0.05) is 43.8 Å². The molecule has 6 nitrogen and oxygen atoms in total. The van der Waals surface area contributed by atoms with Crippen molar-refractivity contribution in [2.75, 3.05) is 26.7 Å². The van der Waals surface area contributed by atoms with Gasteiger partial charge < -0.3 is 4.74 Å². The molecule has 4 heterocycles. The number of carbonyl (C=O) groups excluding carboxylic acids is 1. The van der Waals surface area contributed by atoms with Crippen LogP contribution in [0.5, 0.6) is 5.75 Å². The molecule has 0 aromatic heterocycles. The van der Waals surface area contributed by atoms with Crippen molar-refractivity contribution in [3.05, 3.63) is 66.3 Å². The van der Waals surface area contributed by atoms with Crippen LogP contribution in [-0.4, -0.2) is 71.6 Å². The number of hydrogen-bond acceptors (Lipinski definition) is 5. The average molecular weight is 517 g/mol. The molecule has 6 atom stereocenters. The molecule has 1 aromatic rings. The number of carbonyl (C=O) groups is 1. The molecule has 6 unspecified atom stereocenters. The summed E-state index contributed by atoms with van der Waals surface area (Å²) in [5, 5.41) is 2.14. The fourth-order valence-electron chi connectivity index (χ4n) is 8.02. The van der Waals surface area contributed by atoms with Gasteiger partial charge in [0.05, 0.1) is 19.1 Å². The van der Waals surface area contributed by atoms with Crippen LogP contribution in [0.3, 0.4) is 0 Å². The third-order valence-corrected chi connectivity index (χ3v) is 9.73. The number of hydrogen-bond donors (Lipinski definition) is 1.